The molecule has 1 unspecified atom stereocenters. The van der Waals surface area contributed by atoms with Crippen molar-refractivity contribution in [1.82, 2.24) is 9.80 Å². The van der Waals surface area contributed by atoms with E-state index in [0.717, 1.165) is 37.1 Å². The number of nitrogens with zero attached hydrogens (tertiary/aromatic N) is 2. The highest BCUT2D eigenvalue weighted by molar-refractivity contribution is 5.43. The molecular weight excluding hydrogens is 262 g/mol. The zero-order chi connectivity index (χ0) is 15.1. The maximum atomic E-state index is 5.74. The van der Waals surface area contributed by atoms with E-state index in [1.54, 1.807) is 0 Å². The van der Waals surface area contributed by atoms with Crippen LogP contribution >= 0.6 is 0 Å². The normalized spacial score (nSPS) is 19.3. The SMILES string of the molecule is CCN1CCCC1CN(C)CCCOc1cccc(N)c1. The maximum absolute atomic E-state index is 5.74. The largest absolute Gasteiger partial charge is 0.493 e. The van der Waals surface area contributed by atoms with Crippen LogP contribution in [-0.2, 0) is 0 Å². The quantitative estimate of drug-likeness (QED) is 0.590. The summed E-state index contributed by atoms with van der Waals surface area (Å²) in [7, 11) is 2.21. The standard InChI is InChI=1S/C17H29N3O/c1-3-20-11-5-8-16(20)14-19(2)10-6-12-21-17-9-4-7-15(18)13-17/h4,7,9,13,16H,3,5-6,8,10-12,14,18H2,1-2H3. The van der Waals surface area contributed by atoms with E-state index in [-0.39, 0.29) is 0 Å². The summed E-state index contributed by atoms with van der Waals surface area (Å²) >= 11 is 0. The number of hydrogen-bond acceptors (Lipinski definition) is 4. The van der Waals surface area contributed by atoms with Gasteiger partial charge in [0.2, 0.25) is 0 Å². The van der Waals surface area contributed by atoms with Crippen molar-refractivity contribution in [3.63, 3.8) is 0 Å². The summed E-state index contributed by atoms with van der Waals surface area (Å²) in [5.74, 6) is 0.866. The van der Waals surface area contributed by atoms with E-state index in [1.165, 1.54) is 32.5 Å². The van der Waals surface area contributed by atoms with Gasteiger partial charge in [-0.1, -0.05) is 13.0 Å². The molecular formula is C17H29N3O. The first kappa shape index (κ1) is 16.1. The number of benzene rings is 1. The molecule has 1 aromatic carbocycles. The van der Waals surface area contributed by atoms with Crippen LogP contribution in [0.25, 0.3) is 0 Å². The summed E-state index contributed by atoms with van der Waals surface area (Å²) in [6.45, 7) is 7.71. The monoisotopic (exact) mass is 291 g/mol. The first-order valence-electron chi connectivity index (χ1n) is 8.10. The minimum Gasteiger partial charge on any atom is -0.493 e. The van der Waals surface area contributed by atoms with E-state index in [4.69, 9.17) is 10.5 Å². The van der Waals surface area contributed by atoms with Gasteiger partial charge in [-0.05, 0) is 51.5 Å². The van der Waals surface area contributed by atoms with Gasteiger partial charge in [-0.2, -0.15) is 0 Å². The lowest BCUT2D eigenvalue weighted by molar-refractivity contribution is 0.189. The first-order valence-corrected chi connectivity index (χ1v) is 8.10. The zero-order valence-corrected chi connectivity index (χ0v) is 13.4. The van der Waals surface area contributed by atoms with Crippen LogP contribution in [0.4, 0.5) is 5.69 Å². The molecule has 1 fully saturated rings. The molecule has 2 rings (SSSR count). The molecule has 1 aromatic rings. The zero-order valence-electron chi connectivity index (χ0n) is 13.4. The first-order chi connectivity index (χ1) is 10.2. The number of hydrogen-bond donors (Lipinski definition) is 1. The van der Waals surface area contributed by atoms with Crippen molar-refractivity contribution in [2.45, 2.75) is 32.2 Å². The van der Waals surface area contributed by atoms with Gasteiger partial charge in [0, 0.05) is 30.9 Å². The van der Waals surface area contributed by atoms with Gasteiger partial charge in [-0.3, -0.25) is 4.90 Å². The molecule has 2 N–H and O–H groups in total. The number of likely N-dealkylation sites (N-methyl/N-ethyl adjacent to an activating group) is 2. The van der Waals surface area contributed by atoms with E-state index in [1.807, 2.05) is 24.3 Å². The van der Waals surface area contributed by atoms with Crippen LogP contribution in [0.1, 0.15) is 26.2 Å². The molecule has 0 aliphatic carbocycles. The summed E-state index contributed by atoms with van der Waals surface area (Å²) in [5.41, 5.74) is 6.49. The summed E-state index contributed by atoms with van der Waals surface area (Å²) in [6.07, 6.45) is 3.74. The topological polar surface area (TPSA) is 41.7 Å². The highest BCUT2D eigenvalue weighted by Gasteiger charge is 2.23. The molecule has 0 spiro atoms. The molecule has 4 heteroatoms. The van der Waals surface area contributed by atoms with Crippen LogP contribution < -0.4 is 10.5 Å². The maximum Gasteiger partial charge on any atom is 0.121 e. The van der Waals surface area contributed by atoms with Gasteiger partial charge in [0.05, 0.1) is 6.61 Å². The molecule has 1 atom stereocenters. The van der Waals surface area contributed by atoms with Gasteiger partial charge in [-0.25, -0.2) is 0 Å². The number of likely N-dealkylation sites (tertiary alicyclic amines) is 1. The third-order valence-corrected chi connectivity index (χ3v) is 4.24. The predicted octanol–water partition coefficient (Wildman–Crippen LogP) is 2.45. The van der Waals surface area contributed by atoms with Crippen LogP contribution in [0.3, 0.4) is 0 Å². The molecule has 0 radical (unpaired) electrons. The highest BCUT2D eigenvalue weighted by Crippen LogP contribution is 2.17. The fraction of sp³-hybridized carbons (Fsp3) is 0.647. The van der Waals surface area contributed by atoms with E-state index < -0.39 is 0 Å². The molecule has 21 heavy (non-hydrogen) atoms. The predicted molar refractivity (Wildman–Crippen MR) is 88.7 cm³/mol. The number of anilines is 1. The molecule has 0 amide bonds. The number of ether oxygens (including phenoxy) is 1. The third kappa shape index (κ3) is 5.21. The van der Waals surface area contributed by atoms with Gasteiger partial charge in [0.25, 0.3) is 0 Å². The Bertz CT molecular complexity index is 424. The average Bonchev–Trinajstić information content (AvgIpc) is 2.91. The molecule has 4 nitrogen and oxygen atoms in total. The molecule has 0 saturated carbocycles. The molecule has 0 aromatic heterocycles. The molecule has 118 valence electrons. The van der Waals surface area contributed by atoms with Crippen LogP contribution in [0, 0.1) is 0 Å². The second-order valence-corrected chi connectivity index (χ2v) is 5.96. The fourth-order valence-electron chi connectivity index (χ4n) is 3.10. The van der Waals surface area contributed by atoms with E-state index in [2.05, 4.69) is 23.8 Å². The van der Waals surface area contributed by atoms with E-state index >= 15 is 0 Å². The summed E-state index contributed by atoms with van der Waals surface area (Å²) in [4.78, 5) is 5.03. The van der Waals surface area contributed by atoms with Crippen molar-refractivity contribution in [2.24, 2.45) is 0 Å². The lowest BCUT2D eigenvalue weighted by atomic mass is 10.2. The highest BCUT2D eigenvalue weighted by atomic mass is 16.5. The van der Waals surface area contributed by atoms with Gasteiger partial charge in [0.15, 0.2) is 0 Å². The molecule has 1 aliphatic rings. The van der Waals surface area contributed by atoms with Crippen LogP contribution in [-0.4, -0.2) is 55.7 Å². The Morgan fingerprint density at radius 3 is 3.05 bits per heavy atom. The van der Waals surface area contributed by atoms with Crippen LogP contribution in [0.15, 0.2) is 24.3 Å². The van der Waals surface area contributed by atoms with Gasteiger partial charge < -0.3 is 15.4 Å². The summed E-state index contributed by atoms with van der Waals surface area (Å²) in [5, 5.41) is 0. The van der Waals surface area contributed by atoms with Crippen molar-refractivity contribution in [3.05, 3.63) is 24.3 Å². The molecule has 0 bridgehead atoms. The van der Waals surface area contributed by atoms with Crippen molar-refractivity contribution in [3.8, 4) is 5.75 Å². The number of nitrogens with two attached hydrogens (primary N) is 1. The van der Waals surface area contributed by atoms with Crippen molar-refractivity contribution in [1.29, 1.82) is 0 Å². The van der Waals surface area contributed by atoms with Crippen molar-refractivity contribution < 1.29 is 4.74 Å². The lowest BCUT2D eigenvalue weighted by Crippen LogP contribution is -2.39. The number of rotatable bonds is 8. The van der Waals surface area contributed by atoms with Gasteiger partial charge in [-0.15, -0.1) is 0 Å². The van der Waals surface area contributed by atoms with Crippen LogP contribution in [0.5, 0.6) is 5.75 Å². The van der Waals surface area contributed by atoms with E-state index in [9.17, 15) is 0 Å². The lowest BCUT2D eigenvalue weighted by Gasteiger charge is -2.27. The second kappa shape index (κ2) is 8.25. The second-order valence-electron chi connectivity index (χ2n) is 5.96. The Morgan fingerprint density at radius 1 is 1.43 bits per heavy atom. The Balaban J connectivity index is 1.62. The van der Waals surface area contributed by atoms with E-state index in [0.29, 0.717) is 0 Å². The summed E-state index contributed by atoms with van der Waals surface area (Å²) in [6, 6.07) is 8.38. The molecule has 1 saturated heterocycles. The van der Waals surface area contributed by atoms with Crippen molar-refractivity contribution >= 4 is 5.69 Å². The molecule has 1 aliphatic heterocycles. The Labute approximate surface area is 128 Å². The average molecular weight is 291 g/mol. The third-order valence-electron chi connectivity index (χ3n) is 4.24. The van der Waals surface area contributed by atoms with Gasteiger partial charge in [0.1, 0.15) is 5.75 Å². The van der Waals surface area contributed by atoms with Crippen molar-refractivity contribution in [2.75, 3.05) is 45.6 Å². The fourth-order valence-corrected chi connectivity index (χ4v) is 3.10. The minimum atomic E-state index is 0.745. The van der Waals surface area contributed by atoms with Crippen LogP contribution in [0.2, 0.25) is 0 Å². The summed E-state index contributed by atoms with van der Waals surface area (Å²) < 4.78 is 5.73. The Morgan fingerprint density at radius 2 is 2.29 bits per heavy atom. The Kier molecular flexibility index (Phi) is 6.33. The number of nitrogen functional groups attached to an aromatic ring is 1. The molecule has 1 heterocycles. The smallest absolute Gasteiger partial charge is 0.121 e. The minimum absolute atomic E-state index is 0.745. The van der Waals surface area contributed by atoms with Gasteiger partial charge >= 0.3 is 0 Å². The Hall–Kier alpha value is -1.26.